The summed E-state index contributed by atoms with van der Waals surface area (Å²) in [4.78, 5) is 37.9. The lowest BCUT2D eigenvalue weighted by Crippen LogP contribution is -2.39. The van der Waals surface area contributed by atoms with Crippen LogP contribution in [-0.4, -0.2) is 63.3 Å². The third kappa shape index (κ3) is 5.21. The highest BCUT2D eigenvalue weighted by Crippen LogP contribution is 2.30. The van der Waals surface area contributed by atoms with E-state index in [1.165, 1.54) is 23.3 Å². The van der Waals surface area contributed by atoms with E-state index in [2.05, 4.69) is 27.4 Å². The van der Waals surface area contributed by atoms with E-state index in [-0.39, 0.29) is 23.5 Å². The second-order valence-electron chi connectivity index (χ2n) is 9.19. The van der Waals surface area contributed by atoms with E-state index < -0.39 is 11.9 Å². The molecule has 1 N–H and O–H groups in total. The Bertz CT molecular complexity index is 1240. The van der Waals surface area contributed by atoms with Crippen molar-refractivity contribution in [1.29, 1.82) is 0 Å². The maximum Gasteiger partial charge on any atom is 0.323 e. The Morgan fingerprint density at radius 2 is 2.17 bits per heavy atom. The molecule has 3 heterocycles. The highest BCUT2D eigenvalue weighted by molar-refractivity contribution is 6.30. The Morgan fingerprint density at radius 3 is 2.97 bits per heavy atom. The molecule has 1 unspecified atom stereocenters. The molecule has 1 fully saturated rings. The molecule has 188 valence electrons. The maximum absolute atomic E-state index is 14.3. The molecule has 2 aromatic rings. The van der Waals surface area contributed by atoms with Crippen molar-refractivity contribution in [2.45, 2.75) is 38.3 Å². The molecule has 0 spiro atoms. The topological polar surface area (TPSA) is 82.8 Å². The van der Waals surface area contributed by atoms with E-state index in [9.17, 15) is 14.0 Å². The molecule has 0 radical (unpaired) electrons. The number of carbonyl (C=O) groups excluding carboxylic acids is 2. The summed E-state index contributed by atoms with van der Waals surface area (Å²) in [6, 6.07) is 3.52. The number of amides is 3. The number of imidazole rings is 1. The average molecular weight is 511 g/mol. The highest BCUT2D eigenvalue weighted by atomic mass is 35.5. The van der Waals surface area contributed by atoms with Crippen molar-refractivity contribution in [2.24, 2.45) is 4.99 Å². The fourth-order valence-electron chi connectivity index (χ4n) is 4.97. The number of halogens is 2. The molecule has 1 atom stereocenters. The first-order valence-corrected chi connectivity index (χ1v) is 12.6. The fourth-order valence-corrected chi connectivity index (χ4v) is 5.08. The number of nitrogens with zero attached hydrogens (tertiary/aromatic N) is 5. The number of hydrogen-bond donors (Lipinski definition) is 1. The highest BCUT2D eigenvalue weighted by Gasteiger charge is 2.38. The standard InChI is InChI=1S/C26H28ClFN6O2/c27-21-7-6-19(14-22(21)28)24-25(31-26(36)34(24)11-3-10-32-13-9-29-17-32)30-15-23(35)33-12-8-18-4-1-2-5-20(18)16-33/h2,5-7,9,13-14,17,24H,1,3-4,8,10-12,15-16H2,(H,30,31,36). The van der Waals surface area contributed by atoms with E-state index in [1.54, 1.807) is 23.5 Å². The molecule has 10 heteroatoms. The molecule has 36 heavy (non-hydrogen) atoms. The summed E-state index contributed by atoms with van der Waals surface area (Å²) in [5, 5.41) is 2.81. The van der Waals surface area contributed by atoms with Gasteiger partial charge in [-0.05, 0) is 49.0 Å². The number of urea groups is 1. The first-order chi connectivity index (χ1) is 17.5. The lowest BCUT2D eigenvalue weighted by molar-refractivity contribution is -0.129. The van der Waals surface area contributed by atoms with Crippen molar-refractivity contribution in [3.63, 3.8) is 0 Å². The van der Waals surface area contributed by atoms with E-state index in [0.29, 0.717) is 44.0 Å². The van der Waals surface area contributed by atoms with Crippen LogP contribution in [0.25, 0.3) is 0 Å². The number of aryl methyl sites for hydroxylation is 1. The third-order valence-corrected chi connectivity index (χ3v) is 7.17. The summed E-state index contributed by atoms with van der Waals surface area (Å²) in [6.07, 6.45) is 13.2. The summed E-state index contributed by atoms with van der Waals surface area (Å²) in [6.45, 7) is 2.28. The van der Waals surface area contributed by atoms with Gasteiger partial charge in [-0.25, -0.2) is 14.2 Å². The van der Waals surface area contributed by atoms with Crippen molar-refractivity contribution in [3.8, 4) is 0 Å². The summed E-state index contributed by atoms with van der Waals surface area (Å²) < 4.78 is 16.3. The zero-order valence-corrected chi connectivity index (χ0v) is 20.6. The van der Waals surface area contributed by atoms with Crippen LogP contribution in [0.1, 0.15) is 37.3 Å². The average Bonchev–Trinajstić information content (AvgIpc) is 3.52. The van der Waals surface area contributed by atoms with Gasteiger partial charge in [0, 0.05) is 38.6 Å². The first kappa shape index (κ1) is 24.2. The number of carbonyl (C=O) groups is 2. The molecule has 1 aliphatic carbocycles. The number of allylic oxidation sites excluding steroid dienone is 1. The van der Waals surface area contributed by atoms with Gasteiger partial charge in [0.1, 0.15) is 24.2 Å². The summed E-state index contributed by atoms with van der Waals surface area (Å²) >= 11 is 5.90. The molecule has 0 saturated carbocycles. The maximum atomic E-state index is 14.3. The number of aliphatic imine (C=N–C) groups is 1. The minimum atomic E-state index is -0.628. The number of hydrogen-bond acceptors (Lipinski definition) is 4. The predicted octanol–water partition coefficient (Wildman–Crippen LogP) is 4.11. The molecule has 3 aliphatic rings. The second-order valence-corrected chi connectivity index (χ2v) is 9.60. The quantitative estimate of drug-likeness (QED) is 0.608. The van der Waals surface area contributed by atoms with Crippen LogP contribution < -0.4 is 5.32 Å². The van der Waals surface area contributed by atoms with Crippen LogP contribution in [0.4, 0.5) is 9.18 Å². The molecule has 0 bridgehead atoms. The van der Waals surface area contributed by atoms with Gasteiger partial charge in [-0.3, -0.25) is 15.1 Å². The molecular formula is C26H28ClFN6O2. The monoisotopic (exact) mass is 510 g/mol. The molecule has 1 aromatic heterocycles. The van der Waals surface area contributed by atoms with Crippen molar-refractivity contribution >= 4 is 29.4 Å². The summed E-state index contributed by atoms with van der Waals surface area (Å²) in [5.41, 5.74) is 3.21. The smallest absolute Gasteiger partial charge is 0.323 e. The number of amidine groups is 1. The molecule has 8 nitrogen and oxygen atoms in total. The van der Waals surface area contributed by atoms with Crippen LogP contribution >= 0.6 is 11.6 Å². The number of aromatic nitrogens is 2. The summed E-state index contributed by atoms with van der Waals surface area (Å²) in [7, 11) is 0. The lowest BCUT2D eigenvalue weighted by atomic mass is 9.92. The van der Waals surface area contributed by atoms with Crippen molar-refractivity contribution < 1.29 is 14.0 Å². The normalized spacial score (nSPS) is 20.8. The molecule has 5 rings (SSSR count). The van der Waals surface area contributed by atoms with Crippen molar-refractivity contribution in [1.82, 2.24) is 24.7 Å². The van der Waals surface area contributed by atoms with Gasteiger partial charge in [0.05, 0.1) is 11.3 Å². The van der Waals surface area contributed by atoms with Gasteiger partial charge in [0.2, 0.25) is 5.91 Å². The van der Waals surface area contributed by atoms with Crippen molar-refractivity contribution in [2.75, 3.05) is 26.2 Å². The van der Waals surface area contributed by atoms with Crippen LogP contribution in [0.3, 0.4) is 0 Å². The minimum Gasteiger partial charge on any atom is -0.337 e. The van der Waals surface area contributed by atoms with Crippen LogP contribution in [0.2, 0.25) is 5.02 Å². The number of nitrogens with one attached hydrogen (secondary N) is 1. The second kappa shape index (κ2) is 10.7. The third-order valence-electron chi connectivity index (χ3n) is 6.87. The van der Waals surface area contributed by atoms with Crippen LogP contribution in [-0.2, 0) is 11.3 Å². The predicted molar refractivity (Wildman–Crippen MR) is 135 cm³/mol. The van der Waals surface area contributed by atoms with Gasteiger partial charge in [-0.15, -0.1) is 0 Å². The Kier molecular flexibility index (Phi) is 7.18. The van der Waals surface area contributed by atoms with Crippen LogP contribution in [0.5, 0.6) is 0 Å². The van der Waals surface area contributed by atoms with Crippen LogP contribution in [0, 0.1) is 5.82 Å². The lowest BCUT2D eigenvalue weighted by Gasteiger charge is -2.31. The van der Waals surface area contributed by atoms with Gasteiger partial charge >= 0.3 is 6.03 Å². The zero-order valence-electron chi connectivity index (χ0n) is 19.9. The SMILES string of the molecule is O=C(CN=C1NC(=O)N(CCCn2ccnc2)C1c1ccc(Cl)c(F)c1)N1CCC2=C(C=CCC2)C1. The van der Waals surface area contributed by atoms with Gasteiger partial charge in [-0.1, -0.05) is 35.4 Å². The Morgan fingerprint density at radius 1 is 1.28 bits per heavy atom. The molecule has 1 aromatic carbocycles. The molecule has 1 saturated heterocycles. The Balaban J connectivity index is 1.32. The van der Waals surface area contributed by atoms with E-state index in [4.69, 9.17) is 11.6 Å². The molecule has 2 aliphatic heterocycles. The largest absolute Gasteiger partial charge is 0.337 e. The number of rotatable bonds is 7. The number of benzene rings is 1. The minimum absolute atomic E-state index is 0.00638. The van der Waals surface area contributed by atoms with Gasteiger partial charge < -0.3 is 14.4 Å². The molecule has 3 amide bonds. The molecular weight excluding hydrogens is 483 g/mol. The Labute approximate surface area is 214 Å². The summed E-state index contributed by atoms with van der Waals surface area (Å²) in [5.74, 6) is -0.325. The Hall–Kier alpha value is -3.46. The van der Waals surface area contributed by atoms with E-state index in [0.717, 1.165) is 19.3 Å². The van der Waals surface area contributed by atoms with Crippen molar-refractivity contribution in [3.05, 3.63) is 76.6 Å². The van der Waals surface area contributed by atoms with Gasteiger partial charge in [0.15, 0.2) is 0 Å². The van der Waals surface area contributed by atoms with E-state index >= 15 is 0 Å². The van der Waals surface area contributed by atoms with E-state index in [1.807, 2.05) is 15.7 Å². The van der Waals surface area contributed by atoms with Gasteiger partial charge in [0.25, 0.3) is 0 Å². The van der Waals surface area contributed by atoms with Gasteiger partial charge in [-0.2, -0.15) is 0 Å². The fraction of sp³-hybridized carbons (Fsp3) is 0.385. The zero-order chi connectivity index (χ0) is 25.1. The first-order valence-electron chi connectivity index (χ1n) is 12.2. The van der Waals surface area contributed by atoms with Crippen LogP contribution in [0.15, 0.2) is 65.2 Å².